The summed E-state index contributed by atoms with van der Waals surface area (Å²) in [7, 11) is 1.81. The Balaban J connectivity index is 2.25. The standard InChI is InChI=1S/C15H13Cl3FNO/c1-20-7-10-5-11(16)6-12(17)15(10)21-8-9-3-2-4-13(19)14(9)18/h2-6,20H,7-8H2,1H3. The summed E-state index contributed by atoms with van der Waals surface area (Å²) >= 11 is 18.0. The lowest BCUT2D eigenvalue weighted by Gasteiger charge is -2.14. The van der Waals surface area contributed by atoms with Gasteiger partial charge >= 0.3 is 0 Å². The van der Waals surface area contributed by atoms with Crippen molar-refractivity contribution in [3.05, 3.63) is 62.3 Å². The van der Waals surface area contributed by atoms with Crippen LogP contribution in [0.4, 0.5) is 4.39 Å². The molecule has 0 saturated heterocycles. The van der Waals surface area contributed by atoms with E-state index in [1.807, 2.05) is 7.05 Å². The molecule has 2 aromatic carbocycles. The van der Waals surface area contributed by atoms with E-state index in [4.69, 9.17) is 39.5 Å². The van der Waals surface area contributed by atoms with Crippen LogP contribution >= 0.6 is 34.8 Å². The molecule has 0 fully saturated rings. The minimum Gasteiger partial charge on any atom is -0.487 e. The maximum Gasteiger partial charge on any atom is 0.142 e. The highest BCUT2D eigenvalue weighted by atomic mass is 35.5. The molecule has 0 aliphatic carbocycles. The normalized spacial score (nSPS) is 10.7. The Labute approximate surface area is 137 Å². The van der Waals surface area contributed by atoms with Crippen molar-refractivity contribution in [2.45, 2.75) is 13.2 Å². The molecule has 112 valence electrons. The maximum absolute atomic E-state index is 13.4. The first-order valence-electron chi connectivity index (χ1n) is 6.21. The summed E-state index contributed by atoms with van der Waals surface area (Å²) in [5.41, 5.74) is 1.38. The van der Waals surface area contributed by atoms with E-state index >= 15 is 0 Å². The first-order chi connectivity index (χ1) is 10.0. The van der Waals surface area contributed by atoms with E-state index in [-0.39, 0.29) is 11.6 Å². The van der Waals surface area contributed by atoms with Gasteiger partial charge in [0.2, 0.25) is 0 Å². The van der Waals surface area contributed by atoms with Crippen molar-refractivity contribution in [3.8, 4) is 5.75 Å². The molecule has 0 bridgehead atoms. The van der Waals surface area contributed by atoms with Crippen molar-refractivity contribution in [1.82, 2.24) is 5.32 Å². The van der Waals surface area contributed by atoms with E-state index in [1.54, 1.807) is 24.3 Å². The molecule has 21 heavy (non-hydrogen) atoms. The van der Waals surface area contributed by atoms with Gasteiger partial charge in [-0.25, -0.2) is 4.39 Å². The Morgan fingerprint density at radius 2 is 1.90 bits per heavy atom. The molecule has 2 rings (SSSR count). The van der Waals surface area contributed by atoms with Crippen LogP contribution in [0.1, 0.15) is 11.1 Å². The summed E-state index contributed by atoms with van der Waals surface area (Å²) < 4.78 is 19.1. The van der Waals surface area contributed by atoms with Crippen LogP contribution in [0.5, 0.6) is 5.75 Å². The van der Waals surface area contributed by atoms with Crippen molar-refractivity contribution < 1.29 is 9.13 Å². The number of nitrogens with one attached hydrogen (secondary N) is 1. The summed E-state index contributed by atoms with van der Waals surface area (Å²) in [6, 6.07) is 7.95. The van der Waals surface area contributed by atoms with Gasteiger partial charge in [0.25, 0.3) is 0 Å². The van der Waals surface area contributed by atoms with E-state index in [0.29, 0.717) is 27.9 Å². The second kappa shape index (κ2) is 7.32. The van der Waals surface area contributed by atoms with Gasteiger partial charge in [0.1, 0.15) is 18.2 Å². The first-order valence-corrected chi connectivity index (χ1v) is 7.34. The molecular formula is C15H13Cl3FNO. The van der Waals surface area contributed by atoms with Gasteiger partial charge in [-0.2, -0.15) is 0 Å². The number of benzene rings is 2. The minimum absolute atomic E-state index is 0.0535. The third-order valence-corrected chi connectivity index (χ3v) is 3.78. The Kier molecular flexibility index (Phi) is 5.71. The summed E-state index contributed by atoms with van der Waals surface area (Å²) in [5, 5.41) is 4.00. The Bertz CT molecular complexity index is 649. The molecule has 0 spiro atoms. The Morgan fingerprint density at radius 1 is 1.14 bits per heavy atom. The molecule has 1 N–H and O–H groups in total. The highest BCUT2D eigenvalue weighted by Gasteiger charge is 2.12. The zero-order valence-corrected chi connectivity index (χ0v) is 13.5. The van der Waals surface area contributed by atoms with Gasteiger partial charge in [-0.3, -0.25) is 0 Å². The fraction of sp³-hybridized carbons (Fsp3) is 0.200. The molecular weight excluding hydrogens is 336 g/mol. The van der Waals surface area contributed by atoms with E-state index < -0.39 is 5.82 Å². The van der Waals surface area contributed by atoms with Crippen LogP contribution in [0.15, 0.2) is 30.3 Å². The predicted octanol–water partition coefficient (Wildman–Crippen LogP) is 5.08. The smallest absolute Gasteiger partial charge is 0.142 e. The molecule has 0 atom stereocenters. The van der Waals surface area contributed by atoms with Gasteiger partial charge < -0.3 is 10.1 Å². The zero-order valence-electron chi connectivity index (χ0n) is 11.2. The third kappa shape index (κ3) is 4.01. The lowest BCUT2D eigenvalue weighted by atomic mass is 10.2. The van der Waals surface area contributed by atoms with Gasteiger partial charge in [-0.05, 0) is 25.2 Å². The van der Waals surface area contributed by atoms with Gasteiger partial charge in [0.15, 0.2) is 0 Å². The van der Waals surface area contributed by atoms with Crippen molar-refractivity contribution in [3.63, 3.8) is 0 Å². The summed E-state index contributed by atoms with van der Waals surface area (Å²) in [6.45, 7) is 0.668. The predicted molar refractivity (Wildman–Crippen MR) is 85.0 cm³/mol. The quantitative estimate of drug-likeness (QED) is 0.813. The number of hydrogen-bond donors (Lipinski definition) is 1. The largest absolute Gasteiger partial charge is 0.487 e. The topological polar surface area (TPSA) is 21.3 Å². The van der Waals surface area contributed by atoms with Gasteiger partial charge in [-0.15, -0.1) is 0 Å². The highest BCUT2D eigenvalue weighted by Crippen LogP contribution is 2.33. The average Bonchev–Trinajstić information content (AvgIpc) is 2.42. The number of hydrogen-bond acceptors (Lipinski definition) is 2. The maximum atomic E-state index is 13.4. The summed E-state index contributed by atoms with van der Waals surface area (Å²) in [4.78, 5) is 0. The van der Waals surface area contributed by atoms with E-state index in [0.717, 1.165) is 5.56 Å². The fourth-order valence-electron chi connectivity index (χ4n) is 1.91. The molecule has 2 nitrogen and oxygen atoms in total. The molecule has 0 aliphatic rings. The van der Waals surface area contributed by atoms with Crippen LogP contribution < -0.4 is 10.1 Å². The zero-order chi connectivity index (χ0) is 15.4. The minimum atomic E-state index is -0.476. The van der Waals surface area contributed by atoms with Crippen molar-refractivity contribution in [1.29, 1.82) is 0 Å². The Hall–Kier alpha value is -1.00. The van der Waals surface area contributed by atoms with Crippen LogP contribution in [0.25, 0.3) is 0 Å². The van der Waals surface area contributed by atoms with E-state index in [9.17, 15) is 4.39 Å². The van der Waals surface area contributed by atoms with Crippen LogP contribution in [0.2, 0.25) is 15.1 Å². The molecule has 6 heteroatoms. The molecule has 0 unspecified atom stereocenters. The molecule has 0 aromatic heterocycles. The first kappa shape index (κ1) is 16.4. The van der Waals surface area contributed by atoms with E-state index in [1.165, 1.54) is 6.07 Å². The molecule has 0 saturated carbocycles. The SMILES string of the molecule is CNCc1cc(Cl)cc(Cl)c1OCc1cccc(F)c1Cl. The average molecular weight is 349 g/mol. The van der Waals surface area contributed by atoms with Gasteiger partial charge in [0, 0.05) is 22.7 Å². The van der Waals surface area contributed by atoms with Crippen LogP contribution in [0, 0.1) is 5.82 Å². The lowest BCUT2D eigenvalue weighted by Crippen LogP contribution is -2.08. The number of rotatable bonds is 5. The van der Waals surface area contributed by atoms with Crippen LogP contribution in [-0.4, -0.2) is 7.05 Å². The third-order valence-electron chi connectivity index (χ3n) is 2.86. The molecule has 0 aliphatic heterocycles. The number of halogens is 4. The van der Waals surface area contributed by atoms with Gasteiger partial charge in [-0.1, -0.05) is 46.9 Å². The summed E-state index contributed by atoms with van der Waals surface area (Å²) in [6.07, 6.45) is 0. The van der Waals surface area contributed by atoms with E-state index in [2.05, 4.69) is 5.32 Å². The molecule has 0 heterocycles. The molecule has 2 aromatic rings. The second-order valence-corrected chi connectivity index (χ2v) is 5.63. The van der Waals surface area contributed by atoms with Crippen molar-refractivity contribution in [2.24, 2.45) is 0 Å². The highest BCUT2D eigenvalue weighted by molar-refractivity contribution is 6.35. The summed E-state index contributed by atoms with van der Waals surface area (Å²) in [5.74, 6) is 0.0335. The monoisotopic (exact) mass is 347 g/mol. The van der Waals surface area contributed by atoms with Crippen molar-refractivity contribution in [2.75, 3.05) is 7.05 Å². The Morgan fingerprint density at radius 3 is 2.62 bits per heavy atom. The molecule has 0 amide bonds. The lowest BCUT2D eigenvalue weighted by molar-refractivity contribution is 0.302. The van der Waals surface area contributed by atoms with Crippen LogP contribution in [-0.2, 0) is 13.2 Å². The molecule has 0 radical (unpaired) electrons. The fourth-order valence-corrected chi connectivity index (χ4v) is 2.68. The van der Waals surface area contributed by atoms with Gasteiger partial charge in [0.05, 0.1) is 10.0 Å². The second-order valence-electron chi connectivity index (χ2n) is 4.41. The van der Waals surface area contributed by atoms with Crippen LogP contribution in [0.3, 0.4) is 0 Å². The number of ether oxygens (including phenoxy) is 1. The van der Waals surface area contributed by atoms with Crippen molar-refractivity contribution >= 4 is 34.8 Å².